The number of nitrogens with one attached hydrogen (secondary N) is 1. The molecule has 114 valence electrons. The first-order chi connectivity index (χ1) is 10.1. The Labute approximate surface area is 134 Å². The number of aromatic nitrogens is 2. The van der Waals surface area contributed by atoms with Gasteiger partial charge in [0.1, 0.15) is 12.4 Å². The molecule has 0 saturated carbocycles. The lowest BCUT2D eigenvalue weighted by molar-refractivity contribution is 0.299. The first kappa shape index (κ1) is 16.0. The van der Waals surface area contributed by atoms with Gasteiger partial charge in [-0.1, -0.05) is 28.9 Å². The molecule has 0 aliphatic rings. The first-order valence-electron chi connectivity index (χ1n) is 7.31. The maximum atomic E-state index is 6.01. The maximum absolute atomic E-state index is 6.01. The van der Waals surface area contributed by atoms with Gasteiger partial charge < -0.3 is 10.1 Å². The van der Waals surface area contributed by atoms with Crippen molar-refractivity contribution < 1.29 is 4.74 Å². The summed E-state index contributed by atoms with van der Waals surface area (Å²) in [5.74, 6) is 0.905. The molecule has 2 rings (SSSR count). The first-order valence-corrected chi connectivity index (χ1v) is 8.10. The van der Waals surface area contributed by atoms with E-state index in [2.05, 4.69) is 53.2 Å². The van der Waals surface area contributed by atoms with Gasteiger partial charge in [0.05, 0.1) is 6.20 Å². The number of rotatable bonds is 7. The third kappa shape index (κ3) is 4.32. The molecule has 1 aromatic heterocycles. The number of halogens is 1. The molecule has 2 aromatic rings. The van der Waals surface area contributed by atoms with Crippen LogP contribution in [0.4, 0.5) is 0 Å². The van der Waals surface area contributed by atoms with Crippen LogP contribution in [0.2, 0.25) is 0 Å². The molecule has 0 aliphatic heterocycles. The van der Waals surface area contributed by atoms with Gasteiger partial charge in [0, 0.05) is 34.4 Å². The Balaban J connectivity index is 2.12. The van der Waals surface area contributed by atoms with E-state index in [1.807, 2.05) is 29.2 Å². The predicted octanol–water partition coefficient (Wildman–Crippen LogP) is 3.92. The molecule has 0 saturated heterocycles. The average Bonchev–Trinajstić information content (AvgIpc) is 2.93. The zero-order valence-corrected chi connectivity index (χ0v) is 14.4. The van der Waals surface area contributed by atoms with Crippen LogP contribution in [-0.4, -0.2) is 16.3 Å². The quantitative estimate of drug-likeness (QED) is 0.821. The van der Waals surface area contributed by atoms with Gasteiger partial charge in [0.25, 0.3) is 0 Å². The topological polar surface area (TPSA) is 39.1 Å². The smallest absolute Gasteiger partial charge is 0.125 e. The fourth-order valence-electron chi connectivity index (χ4n) is 2.22. The highest BCUT2D eigenvalue weighted by Crippen LogP contribution is 2.29. The molecule has 0 radical (unpaired) electrons. The normalized spacial score (nSPS) is 12.4. The number of benzene rings is 1. The number of hydrogen-bond donors (Lipinski definition) is 1. The second kappa shape index (κ2) is 7.61. The van der Waals surface area contributed by atoms with Crippen LogP contribution >= 0.6 is 15.9 Å². The van der Waals surface area contributed by atoms with E-state index in [1.54, 1.807) is 0 Å². The lowest BCUT2D eigenvalue weighted by Crippen LogP contribution is -2.18. The van der Waals surface area contributed by atoms with E-state index in [0.717, 1.165) is 28.9 Å². The molecule has 1 unspecified atom stereocenters. The lowest BCUT2D eigenvalue weighted by atomic mass is 10.1. The van der Waals surface area contributed by atoms with Crippen molar-refractivity contribution >= 4 is 15.9 Å². The largest absolute Gasteiger partial charge is 0.488 e. The van der Waals surface area contributed by atoms with Crippen molar-refractivity contribution in [3.63, 3.8) is 0 Å². The van der Waals surface area contributed by atoms with E-state index in [0.29, 0.717) is 6.61 Å². The SMILES string of the molecule is CCNC(C)c1ccc(Br)cc1OCc1cnn(CC)c1. The predicted molar refractivity (Wildman–Crippen MR) is 88.5 cm³/mol. The summed E-state index contributed by atoms with van der Waals surface area (Å²) in [6.07, 6.45) is 3.88. The Bertz CT molecular complexity index is 583. The van der Waals surface area contributed by atoms with E-state index in [4.69, 9.17) is 4.74 Å². The number of ether oxygens (including phenoxy) is 1. The highest BCUT2D eigenvalue weighted by molar-refractivity contribution is 9.10. The Morgan fingerprint density at radius 3 is 2.86 bits per heavy atom. The van der Waals surface area contributed by atoms with E-state index >= 15 is 0 Å². The second-order valence-corrected chi connectivity index (χ2v) is 5.87. The summed E-state index contributed by atoms with van der Waals surface area (Å²) in [5.41, 5.74) is 2.25. The Morgan fingerprint density at radius 2 is 2.19 bits per heavy atom. The zero-order valence-electron chi connectivity index (χ0n) is 12.8. The van der Waals surface area contributed by atoms with Gasteiger partial charge >= 0.3 is 0 Å². The summed E-state index contributed by atoms with van der Waals surface area (Å²) in [4.78, 5) is 0. The Hall–Kier alpha value is -1.33. The zero-order chi connectivity index (χ0) is 15.2. The summed E-state index contributed by atoms with van der Waals surface area (Å²) in [6.45, 7) is 8.66. The fraction of sp³-hybridized carbons (Fsp3) is 0.438. The third-order valence-corrected chi connectivity index (χ3v) is 3.85. The summed E-state index contributed by atoms with van der Waals surface area (Å²) in [5, 5.41) is 7.69. The minimum Gasteiger partial charge on any atom is -0.488 e. The minimum atomic E-state index is 0.261. The highest BCUT2D eigenvalue weighted by Gasteiger charge is 2.12. The summed E-state index contributed by atoms with van der Waals surface area (Å²) < 4.78 is 8.93. The average molecular weight is 352 g/mol. The summed E-state index contributed by atoms with van der Waals surface area (Å²) in [6, 6.07) is 6.43. The number of aryl methyl sites for hydroxylation is 1. The molecule has 1 heterocycles. The van der Waals surface area contributed by atoms with E-state index in [-0.39, 0.29) is 6.04 Å². The summed E-state index contributed by atoms with van der Waals surface area (Å²) in [7, 11) is 0. The van der Waals surface area contributed by atoms with Gasteiger partial charge in [-0.3, -0.25) is 4.68 Å². The van der Waals surface area contributed by atoms with Crippen LogP contribution in [0.25, 0.3) is 0 Å². The molecule has 1 N–H and O–H groups in total. The molecular formula is C16H22BrN3O. The molecule has 0 bridgehead atoms. The van der Waals surface area contributed by atoms with Crippen LogP contribution in [0.3, 0.4) is 0 Å². The van der Waals surface area contributed by atoms with E-state index in [9.17, 15) is 0 Å². The summed E-state index contributed by atoms with van der Waals surface area (Å²) >= 11 is 3.51. The van der Waals surface area contributed by atoms with Gasteiger partial charge in [-0.15, -0.1) is 0 Å². The molecule has 1 atom stereocenters. The molecular weight excluding hydrogens is 330 g/mol. The van der Waals surface area contributed by atoms with E-state index < -0.39 is 0 Å². The van der Waals surface area contributed by atoms with Gasteiger partial charge in [-0.25, -0.2) is 0 Å². The maximum Gasteiger partial charge on any atom is 0.125 e. The van der Waals surface area contributed by atoms with Crippen molar-refractivity contribution in [1.82, 2.24) is 15.1 Å². The highest BCUT2D eigenvalue weighted by atomic mass is 79.9. The monoisotopic (exact) mass is 351 g/mol. The van der Waals surface area contributed by atoms with Crippen molar-refractivity contribution in [1.29, 1.82) is 0 Å². The molecule has 21 heavy (non-hydrogen) atoms. The lowest BCUT2D eigenvalue weighted by Gasteiger charge is -2.17. The number of nitrogens with zero attached hydrogens (tertiary/aromatic N) is 2. The van der Waals surface area contributed by atoms with Crippen LogP contribution in [0.1, 0.15) is 37.9 Å². The van der Waals surface area contributed by atoms with Crippen LogP contribution in [0.5, 0.6) is 5.75 Å². The van der Waals surface area contributed by atoms with Gasteiger partial charge in [-0.05, 0) is 32.5 Å². The van der Waals surface area contributed by atoms with Gasteiger partial charge in [0.2, 0.25) is 0 Å². The fourth-order valence-corrected chi connectivity index (χ4v) is 2.56. The van der Waals surface area contributed by atoms with Crippen LogP contribution in [-0.2, 0) is 13.2 Å². The van der Waals surface area contributed by atoms with Gasteiger partial charge in [0.15, 0.2) is 0 Å². The molecule has 1 aromatic carbocycles. The van der Waals surface area contributed by atoms with Crippen molar-refractivity contribution in [3.8, 4) is 5.75 Å². The van der Waals surface area contributed by atoms with Crippen LogP contribution in [0, 0.1) is 0 Å². The Kier molecular flexibility index (Phi) is 5.82. The minimum absolute atomic E-state index is 0.261. The molecule has 4 nitrogen and oxygen atoms in total. The van der Waals surface area contributed by atoms with Crippen molar-refractivity contribution in [2.45, 2.75) is 40.0 Å². The van der Waals surface area contributed by atoms with Crippen LogP contribution in [0.15, 0.2) is 35.1 Å². The number of hydrogen-bond acceptors (Lipinski definition) is 3. The third-order valence-electron chi connectivity index (χ3n) is 3.36. The van der Waals surface area contributed by atoms with E-state index in [1.165, 1.54) is 5.56 Å². The van der Waals surface area contributed by atoms with Gasteiger partial charge in [-0.2, -0.15) is 5.10 Å². The molecule has 0 spiro atoms. The van der Waals surface area contributed by atoms with Crippen molar-refractivity contribution in [2.75, 3.05) is 6.54 Å². The van der Waals surface area contributed by atoms with Crippen molar-refractivity contribution in [3.05, 3.63) is 46.2 Å². The standard InChI is InChI=1S/C16H22BrN3O/c1-4-18-12(3)15-7-6-14(17)8-16(15)21-11-13-9-19-20(5-2)10-13/h6-10,12,18H,4-5,11H2,1-3H3. The molecule has 0 fully saturated rings. The molecule has 0 aliphatic carbocycles. The van der Waals surface area contributed by atoms with Crippen LogP contribution < -0.4 is 10.1 Å². The Morgan fingerprint density at radius 1 is 1.38 bits per heavy atom. The second-order valence-electron chi connectivity index (χ2n) is 4.95. The molecule has 0 amide bonds. The molecule has 5 heteroatoms. The van der Waals surface area contributed by atoms with Crippen molar-refractivity contribution in [2.24, 2.45) is 0 Å².